The summed E-state index contributed by atoms with van der Waals surface area (Å²) in [4.78, 5) is 26.6. The van der Waals surface area contributed by atoms with Crippen LogP contribution in [0.5, 0.6) is 0 Å². The molecule has 1 amide bonds. The molecule has 2 saturated heterocycles. The Hall–Kier alpha value is -1.65. The molecule has 0 bridgehead atoms. The van der Waals surface area contributed by atoms with E-state index in [1.807, 2.05) is 0 Å². The fourth-order valence-corrected chi connectivity index (χ4v) is 5.60. The standard InChI is InChI=1S/C20H28N4O/c25-20(24-10-14-4-3-5-15(14)11-24)16-8-9-23(12-16)19-17-6-1-2-7-18(17)21-13-22-19/h13-16H,1-12H2. The predicted molar refractivity (Wildman–Crippen MR) is 96.4 cm³/mol. The highest BCUT2D eigenvalue weighted by Gasteiger charge is 2.41. The van der Waals surface area contributed by atoms with Crippen LogP contribution in [0.3, 0.4) is 0 Å². The Morgan fingerprint density at radius 1 is 0.960 bits per heavy atom. The number of nitrogens with zero attached hydrogens (tertiary/aromatic N) is 4. The van der Waals surface area contributed by atoms with E-state index in [0.717, 1.165) is 63.1 Å². The van der Waals surface area contributed by atoms with Gasteiger partial charge in [-0.15, -0.1) is 0 Å². The van der Waals surface area contributed by atoms with Gasteiger partial charge < -0.3 is 9.80 Å². The van der Waals surface area contributed by atoms with Gasteiger partial charge in [0, 0.05) is 37.4 Å². The number of anilines is 1. The monoisotopic (exact) mass is 340 g/mol. The number of carbonyl (C=O) groups is 1. The number of hydrogen-bond donors (Lipinski definition) is 0. The third-order valence-electron chi connectivity index (χ3n) is 6.98. The number of carbonyl (C=O) groups excluding carboxylic acids is 1. The molecule has 25 heavy (non-hydrogen) atoms. The number of fused-ring (bicyclic) bond motifs is 2. The number of amides is 1. The zero-order valence-corrected chi connectivity index (χ0v) is 15.0. The zero-order valence-electron chi connectivity index (χ0n) is 15.0. The first kappa shape index (κ1) is 15.6. The molecule has 5 rings (SSSR count). The summed E-state index contributed by atoms with van der Waals surface area (Å²) < 4.78 is 0. The lowest BCUT2D eigenvalue weighted by molar-refractivity contribution is -0.134. The van der Waals surface area contributed by atoms with Crippen LogP contribution in [0.15, 0.2) is 6.33 Å². The van der Waals surface area contributed by atoms with Crippen LogP contribution in [0.25, 0.3) is 0 Å². The third-order valence-corrected chi connectivity index (χ3v) is 6.98. The maximum Gasteiger partial charge on any atom is 0.227 e. The summed E-state index contributed by atoms with van der Waals surface area (Å²) in [5.41, 5.74) is 2.58. The van der Waals surface area contributed by atoms with Crippen molar-refractivity contribution in [3.8, 4) is 0 Å². The number of rotatable bonds is 2. The molecule has 2 aliphatic heterocycles. The van der Waals surface area contributed by atoms with Crippen molar-refractivity contribution in [2.45, 2.75) is 51.4 Å². The first-order valence-corrected chi connectivity index (χ1v) is 10.2. The molecular weight excluding hydrogens is 312 g/mol. The van der Waals surface area contributed by atoms with E-state index in [9.17, 15) is 4.79 Å². The summed E-state index contributed by atoms with van der Waals surface area (Å²) in [5.74, 6) is 3.25. The normalized spacial score (nSPS) is 31.3. The summed E-state index contributed by atoms with van der Waals surface area (Å²) in [6, 6.07) is 0. The van der Waals surface area contributed by atoms with Gasteiger partial charge in [-0.1, -0.05) is 6.42 Å². The molecule has 5 nitrogen and oxygen atoms in total. The van der Waals surface area contributed by atoms with Gasteiger partial charge in [-0.25, -0.2) is 9.97 Å². The highest BCUT2D eigenvalue weighted by molar-refractivity contribution is 5.80. The summed E-state index contributed by atoms with van der Waals surface area (Å²) in [7, 11) is 0. The summed E-state index contributed by atoms with van der Waals surface area (Å²) in [5, 5.41) is 0. The van der Waals surface area contributed by atoms with Crippen molar-refractivity contribution in [1.29, 1.82) is 0 Å². The lowest BCUT2D eigenvalue weighted by Gasteiger charge is -2.25. The Bertz CT molecular complexity index is 664. The largest absolute Gasteiger partial charge is 0.355 e. The van der Waals surface area contributed by atoms with Gasteiger partial charge in [-0.3, -0.25) is 4.79 Å². The molecule has 3 unspecified atom stereocenters. The minimum absolute atomic E-state index is 0.160. The fourth-order valence-electron chi connectivity index (χ4n) is 5.60. The van der Waals surface area contributed by atoms with Crippen molar-refractivity contribution >= 4 is 11.7 Å². The summed E-state index contributed by atoms with van der Waals surface area (Å²) in [6.07, 6.45) is 11.4. The van der Waals surface area contributed by atoms with Crippen LogP contribution >= 0.6 is 0 Å². The van der Waals surface area contributed by atoms with Gasteiger partial charge in [0.1, 0.15) is 12.1 Å². The molecule has 4 aliphatic rings. The molecule has 3 heterocycles. The highest BCUT2D eigenvalue weighted by Crippen LogP contribution is 2.39. The topological polar surface area (TPSA) is 49.3 Å². The van der Waals surface area contributed by atoms with Crippen LogP contribution in [-0.2, 0) is 17.6 Å². The molecule has 0 N–H and O–H groups in total. The average Bonchev–Trinajstić information content (AvgIpc) is 3.36. The van der Waals surface area contributed by atoms with Crippen LogP contribution in [0.4, 0.5) is 5.82 Å². The van der Waals surface area contributed by atoms with Gasteiger partial charge >= 0.3 is 0 Å². The molecule has 1 saturated carbocycles. The van der Waals surface area contributed by atoms with E-state index in [1.165, 1.54) is 43.4 Å². The summed E-state index contributed by atoms with van der Waals surface area (Å²) in [6.45, 7) is 3.83. The quantitative estimate of drug-likeness (QED) is 0.830. The number of likely N-dealkylation sites (tertiary alicyclic amines) is 1. The van der Waals surface area contributed by atoms with Crippen LogP contribution in [0.2, 0.25) is 0 Å². The number of aryl methyl sites for hydroxylation is 1. The molecule has 3 fully saturated rings. The van der Waals surface area contributed by atoms with E-state index >= 15 is 0 Å². The Morgan fingerprint density at radius 2 is 1.76 bits per heavy atom. The lowest BCUT2D eigenvalue weighted by atomic mass is 9.96. The maximum atomic E-state index is 13.0. The first-order valence-electron chi connectivity index (χ1n) is 10.2. The SMILES string of the molecule is O=C(C1CCN(c2ncnc3c2CCCC3)C1)N1CC2CCCC2C1. The maximum absolute atomic E-state index is 13.0. The minimum atomic E-state index is 0.160. The molecule has 2 aliphatic carbocycles. The van der Waals surface area contributed by atoms with Gasteiger partial charge in [0.2, 0.25) is 5.91 Å². The Labute approximate surface area is 149 Å². The average molecular weight is 340 g/mol. The van der Waals surface area contributed by atoms with Gasteiger partial charge in [0.15, 0.2) is 0 Å². The molecular formula is C20H28N4O. The van der Waals surface area contributed by atoms with E-state index in [0.29, 0.717) is 5.91 Å². The predicted octanol–water partition coefficient (Wildman–Crippen LogP) is 2.44. The van der Waals surface area contributed by atoms with Crippen LogP contribution in [0, 0.1) is 17.8 Å². The highest BCUT2D eigenvalue weighted by atomic mass is 16.2. The zero-order chi connectivity index (χ0) is 16.8. The Kier molecular flexibility index (Phi) is 3.90. The molecule has 134 valence electrons. The van der Waals surface area contributed by atoms with Gasteiger partial charge in [-0.2, -0.15) is 0 Å². The molecule has 1 aromatic heterocycles. The second-order valence-corrected chi connectivity index (χ2v) is 8.46. The van der Waals surface area contributed by atoms with Gasteiger partial charge in [-0.05, 0) is 56.8 Å². The lowest BCUT2D eigenvalue weighted by Crippen LogP contribution is -2.36. The van der Waals surface area contributed by atoms with Crippen molar-refractivity contribution < 1.29 is 4.79 Å². The van der Waals surface area contributed by atoms with E-state index in [-0.39, 0.29) is 5.92 Å². The van der Waals surface area contributed by atoms with Gasteiger partial charge in [0.25, 0.3) is 0 Å². The molecule has 1 aromatic rings. The van der Waals surface area contributed by atoms with E-state index in [2.05, 4.69) is 19.8 Å². The van der Waals surface area contributed by atoms with Crippen LogP contribution in [0.1, 0.15) is 49.8 Å². The molecule has 0 radical (unpaired) electrons. The van der Waals surface area contributed by atoms with Crippen molar-refractivity contribution in [2.24, 2.45) is 17.8 Å². The summed E-state index contributed by atoms with van der Waals surface area (Å²) >= 11 is 0. The van der Waals surface area contributed by atoms with Crippen LogP contribution in [-0.4, -0.2) is 47.0 Å². The molecule has 0 aromatic carbocycles. The van der Waals surface area contributed by atoms with Gasteiger partial charge in [0.05, 0.1) is 5.92 Å². The van der Waals surface area contributed by atoms with E-state index in [4.69, 9.17) is 0 Å². The Balaban J connectivity index is 1.28. The second kappa shape index (κ2) is 6.26. The van der Waals surface area contributed by atoms with Crippen LogP contribution < -0.4 is 4.90 Å². The Morgan fingerprint density at radius 3 is 2.60 bits per heavy atom. The third kappa shape index (κ3) is 2.72. The fraction of sp³-hybridized carbons (Fsp3) is 0.750. The second-order valence-electron chi connectivity index (χ2n) is 8.46. The molecule has 5 heteroatoms. The number of hydrogen-bond acceptors (Lipinski definition) is 4. The van der Waals surface area contributed by atoms with Crippen molar-refractivity contribution in [3.05, 3.63) is 17.6 Å². The molecule has 0 spiro atoms. The van der Waals surface area contributed by atoms with E-state index in [1.54, 1.807) is 6.33 Å². The smallest absolute Gasteiger partial charge is 0.227 e. The molecule has 3 atom stereocenters. The van der Waals surface area contributed by atoms with E-state index < -0.39 is 0 Å². The van der Waals surface area contributed by atoms with Crippen molar-refractivity contribution in [1.82, 2.24) is 14.9 Å². The minimum Gasteiger partial charge on any atom is -0.355 e. The first-order chi connectivity index (χ1) is 12.3. The van der Waals surface area contributed by atoms with Crippen molar-refractivity contribution in [3.63, 3.8) is 0 Å². The number of aromatic nitrogens is 2. The van der Waals surface area contributed by atoms with Crippen molar-refractivity contribution in [2.75, 3.05) is 31.1 Å².